The van der Waals surface area contributed by atoms with Crippen molar-refractivity contribution in [3.8, 4) is 0 Å². The van der Waals surface area contributed by atoms with Gasteiger partial charge in [-0.15, -0.1) is 11.3 Å². The zero-order valence-corrected chi connectivity index (χ0v) is 9.40. The molecule has 2 aromatic rings. The molecular weight excluding hydrogens is 190 g/mol. The first kappa shape index (κ1) is 9.69. The Kier molecular flexibility index (Phi) is 2.85. The smallest absolute Gasteiger partial charge is 0.0345 e. The summed E-state index contributed by atoms with van der Waals surface area (Å²) in [4.78, 5) is 0. The molecule has 74 valence electrons. The minimum Gasteiger partial charge on any atom is -0.317 e. The van der Waals surface area contributed by atoms with E-state index in [4.69, 9.17) is 0 Å². The first-order valence-corrected chi connectivity index (χ1v) is 5.81. The van der Waals surface area contributed by atoms with Crippen LogP contribution in [-0.2, 0) is 6.42 Å². The zero-order valence-electron chi connectivity index (χ0n) is 8.58. The fraction of sp³-hybridized carbons (Fsp3) is 0.333. The third kappa shape index (κ3) is 1.97. The van der Waals surface area contributed by atoms with Crippen molar-refractivity contribution in [2.24, 2.45) is 0 Å². The van der Waals surface area contributed by atoms with Crippen LogP contribution >= 0.6 is 11.3 Å². The van der Waals surface area contributed by atoms with E-state index in [1.54, 1.807) is 0 Å². The molecule has 1 atom stereocenters. The fourth-order valence-corrected chi connectivity index (χ4v) is 2.43. The first-order valence-electron chi connectivity index (χ1n) is 4.93. The molecule has 0 aliphatic heterocycles. The summed E-state index contributed by atoms with van der Waals surface area (Å²) < 4.78 is 1.39. The summed E-state index contributed by atoms with van der Waals surface area (Å²) in [6.45, 7) is 2.21. The standard InChI is InChI=1S/C12H15NS/c1-9(13-2)7-10-3-4-11-5-6-14-12(11)8-10/h3-6,8-9,13H,7H2,1-2H3/t9-/m0/s1. The second kappa shape index (κ2) is 4.11. The van der Waals surface area contributed by atoms with E-state index in [9.17, 15) is 0 Å². The SMILES string of the molecule is CN[C@@H](C)Cc1ccc2ccsc2c1. The van der Waals surface area contributed by atoms with Gasteiger partial charge in [0.15, 0.2) is 0 Å². The van der Waals surface area contributed by atoms with Crippen molar-refractivity contribution in [2.75, 3.05) is 7.05 Å². The maximum absolute atomic E-state index is 3.26. The monoisotopic (exact) mass is 205 g/mol. The lowest BCUT2D eigenvalue weighted by molar-refractivity contribution is 0.609. The van der Waals surface area contributed by atoms with E-state index in [1.807, 2.05) is 18.4 Å². The van der Waals surface area contributed by atoms with Crippen LogP contribution in [0.3, 0.4) is 0 Å². The summed E-state index contributed by atoms with van der Waals surface area (Å²) in [5.74, 6) is 0. The summed E-state index contributed by atoms with van der Waals surface area (Å²) in [5, 5.41) is 6.76. The lowest BCUT2D eigenvalue weighted by Crippen LogP contribution is -2.23. The average Bonchev–Trinajstić information content (AvgIpc) is 2.64. The molecule has 1 aromatic heterocycles. The number of hydrogen-bond acceptors (Lipinski definition) is 2. The van der Waals surface area contributed by atoms with Crippen LogP contribution < -0.4 is 5.32 Å². The van der Waals surface area contributed by atoms with Crippen molar-refractivity contribution in [1.29, 1.82) is 0 Å². The highest BCUT2D eigenvalue weighted by Crippen LogP contribution is 2.22. The third-order valence-electron chi connectivity index (χ3n) is 2.56. The quantitative estimate of drug-likeness (QED) is 0.812. The minimum absolute atomic E-state index is 0.549. The Bertz CT molecular complexity index is 419. The van der Waals surface area contributed by atoms with E-state index >= 15 is 0 Å². The normalized spacial score (nSPS) is 13.3. The summed E-state index contributed by atoms with van der Waals surface area (Å²) in [6, 6.07) is 9.46. The van der Waals surface area contributed by atoms with Crippen LogP contribution in [0, 0.1) is 0 Å². The van der Waals surface area contributed by atoms with Gasteiger partial charge >= 0.3 is 0 Å². The number of benzene rings is 1. The van der Waals surface area contributed by atoms with E-state index in [-0.39, 0.29) is 0 Å². The molecule has 1 N–H and O–H groups in total. The Morgan fingerprint density at radius 2 is 2.21 bits per heavy atom. The van der Waals surface area contributed by atoms with Crippen LogP contribution in [0.4, 0.5) is 0 Å². The molecule has 0 aliphatic rings. The van der Waals surface area contributed by atoms with E-state index in [0.717, 1.165) is 6.42 Å². The second-order valence-electron chi connectivity index (χ2n) is 3.69. The molecule has 0 radical (unpaired) electrons. The van der Waals surface area contributed by atoms with E-state index in [2.05, 4.69) is 41.9 Å². The molecule has 14 heavy (non-hydrogen) atoms. The van der Waals surface area contributed by atoms with E-state index in [1.165, 1.54) is 15.6 Å². The Hall–Kier alpha value is -0.860. The Morgan fingerprint density at radius 1 is 1.36 bits per heavy atom. The van der Waals surface area contributed by atoms with Crippen molar-refractivity contribution in [3.05, 3.63) is 35.2 Å². The molecule has 2 rings (SSSR count). The average molecular weight is 205 g/mol. The lowest BCUT2D eigenvalue weighted by Gasteiger charge is -2.09. The van der Waals surface area contributed by atoms with Crippen LogP contribution in [0.1, 0.15) is 12.5 Å². The van der Waals surface area contributed by atoms with E-state index in [0.29, 0.717) is 6.04 Å². The molecule has 0 amide bonds. The number of fused-ring (bicyclic) bond motifs is 1. The molecule has 0 unspecified atom stereocenters. The molecule has 0 fully saturated rings. The summed E-state index contributed by atoms with van der Waals surface area (Å²) in [7, 11) is 2.01. The number of rotatable bonds is 3. The van der Waals surface area contributed by atoms with Crippen molar-refractivity contribution >= 4 is 21.4 Å². The second-order valence-corrected chi connectivity index (χ2v) is 4.63. The predicted octanol–water partition coefficient (Wildman–Crippen LogP) is 3.05. The molecule has 1 aromatic carbocycles. The molecule has 0 saturated carbocycles. The first-order chi connectivity index (χ1) is 6.79. The van der Waals surface area contributed by atoms with Crippen molar-refractivity contribution in [3.63, 3.8) is 0 Å². The highest BCUT2D eigenvalue weighted by atomic mass is 32.1. The Labute approximate surface area is 88.8 Å². The number of hydrogen-bond donors (Lipinski definition) is 1. The van der Waals surface area contributed by atoms with Crippen LogP contribution in [0.5, 0.6) is 0 Å². The van der Waals surface area contributed by atoms with Gasteiger partial charge in [0.2, 0.25) is 0 Å². The Balaban J connectivity index is 2.25. The predicted molar refractivity (Wildman–Crippen MR) is 64.1 cm³/mol. The maximum atomic E-state index is 3.26. The minimum atomic E-state index is 0.549. The van der Waals surface area contributed by atoms with Crippen LogP contribution in [0.2, 0.25) is 0 Å². The number of nitrogens with one attached hydrogen (secondary N) is 1. The third-order valence-corrected chi connectivity index (χ3v) is 3.43. The van der Waals surface area contributed by atoms with Gasteiger partial charge in [-0.05, 0) is 48.9 Å². The van der Waals surface area contributed by atoms with Crippen LogP contribution in [0.25, 0.3) is 10.1 Å². The molecule has 0 spiro atoms. The molecular formula is C12H15NS. The Morgan fingerprint density at radius 3 is 3.00 bits per heavy atom. The molecule has 0 aliphatic carbocycles. The van der Waals surface area contributed by atoms with Gasteiger partial charge in [0, 0.05) is 10.7 Å². The highest BCUT2D eigenvalue weighted by Gasteiger charge is 2.01. The number of likely N-dealkylation sites (N-methyl/N-ethyl adjacent to an activating group) is 1. The molecule has 1 nitrogen and oxygen atoms in total. The van der Waals surface area contributed by atoms with Crippen molar-refractivity contribution in [1.82, 2.24) is 5.32 Å². The van der Waals surface area contributed by atoms with E-state index < -0.39 is 0 Å². The zero-order chi connectivity index (χ0) is 9.97. The van der Waals surface area contributed by atoms with Crippen LogP contribution in [0.15, 0.2) is 29.6 Å². The summed E-state index contributed by atoms with van der Waals surface area (Å²) >= 11 is 1.82. The number of thiophene rings is 1. The van der Waals surface area contributed by atoms with Gasteiger partial charge in [0.1, 0.15) is 0 Å². The molecule has 1 heterocycles. The lowest BCUT2D eigenvalue weighted by atomic mass is 10.1. The summed E-state index contributed by atoms with van der Waals surface area (Å²) in [5.41, 5.74) is 1.42. The molecule has 0 saturated heterocycles. The molecule has 2 heteroatoms. The fourth-order valence-electron chi connectivity index (χ4n) is 1.58. The topological polar surface area (TPSA) is 12.0 Å². The van der Waals surface area contributed by atoms with Crippen molar-refractivity contribution in [2.45, 2.75) is 19.4 Å². The highest BCUT2D eigenvalue weighted by molar-refractivity contribution is 7.17. The largest absolute Gasteiger partial charge is 0.317 e. The summed E-state index contributed by atoms with van der Waals surface area (Å²) in [6.07, 6.45) is 1.10. The van der Waals surface area contributed by atoms with Gasteiger partial charge < -0.3 is 5.32 Å². The van der Waals surface area contributed by atoms with Gasteiger partial charge in [0.05, 0.1) is 0 Å². The molecule has 0 bridgehead atoms. The van der Waals surface area contributed by atoms with Crippen molar-refractivity contribution < 1.29 is 0 Å². The van der Waals surface area contributed by atoms with Gasteiger partial charge in [-0.25, -0.2) is 0 Å². The van der Waals surface area contributed by atoms with Gasteiger partial charge in [-0.1, -0.05) is 12.1 Å². The van der Waals surface area contributed by atoms with Gasteiger partial charge in [-0.3, -0.25) is 0 Å². The van der Waals surface area contributed by atoms with Gasteiger partial charge in [0.25, 0.3) is 0 Å². The van der Waals surface area contributed by atoms with Gasteiger partial charge in [-0.2, -0.15) is 0 Å². The maximum Gasteiger partial charge on any atom is 0.0345 e. The van der Waals surface area contributed by atoms with Crippen LogP contribution in [-0.4, -0.2) is 13.1 Å².